The summed E-state index contributed by atoms with van der Waals surface area (Å²) in [4.78, 5) is 17.3. The molecule has 1 fully saturated rings. The smallest absolute Gasteiger partial charge is 0.244 e. The van der Waals surface area contributed by atoms with Gasteiger partial charge in [-0.2, -0.15) is 4.31 Å². The summed E-state index contributed by atoms with van der Waals surface area (Å²) in [6, 6.07) is 22.3. The van der Waals surface area contributed by atoms with Crippen molar-refractivity contribution in [2.45, 2.75) is 36.2 Å². The first-order valence-corrected chi connectivity index (χ1v) is 14.8. The number of hydrogen-bond donors (Lipinski definition) is 0. The molecule has 4 aromatic rings. The number of amides is 1. The average Bonchev–Trinajstić information content (AvgIpc) is 3.65. The van der Waals surface area contributed by atoms with Gasteiger partial charge in [0, 0.05) is 22.8 Å². The van der Waals surface area contributed by atoms with Gasteiger partial charge in [0.2, 0.25) is 15.9 Å². The molecule has 1 atom stereocenters. The lowest BCUT2D eigenvalue weighted by Crippen LogP contribution is -2.47. The van der Waals surface area contributed by atoms with E-state index in [1.807, 2.05) is 59.5 Å². The Kier molecular flexibility index (Phi) is 6.26. The Morgan fingerprint density at radius 1 is 1.03 bits per heavy atom. The lowest BCUT2D eigenvalue weighted by molar-refractivity contribution is -0.133. The number of nitrogens with zero attached hydrogens (tertiary/aromatic N) is 2. The highest BCUT2D eigenvalue weighted by Crippen LogP contribution is 2.39. The molecule has 1 aliphatic heterocycles. The number of fused-ring (bicyclic) bond motifs is 2. The highest BCUT2D eigenvalue weighted by molar-refractivity contribution is 7.89. The zero-order valence-corrected chi connectivity index (χ0v) is 22.2. The summed E-state index contributed by atoms with van der Waals surface area (Å²) in [7, 11) is -2.24. The van der Waals surface area contributed by atoms with Crippen molar-refractivity contribution in [3.63, 3.8) is 0 Å². The highest BCUT2D eigenvalue weighted by atomic mass is 32.2. The van der Waals surface area contributed by atoms with Crippen LogP contribution in [0.4, 0.5) is 0 Å². The van der Waals surface area contributed by atoms with E-state index in [9.17, 15) is 13.2 Å². The Bertz CT molecular complexity index is 1550. The van der Waals surface area contributed by atoms with E-state index in [2.05, 4.69) is 11.4 Å². The van der Waals surface area contributed by atoms with Crippen molar-refractivity contribution in [2.24, 2.45) is 0 Å². The molecule has 1 aliphatic carbocycles. The largest absolute Gasteiger partial charge is 0.497 e. The molecule has 8 heteroatoms. The fraction of sp³-hybridized carbons (Fsp3) is 0.276. The van der Waals surface area contributed by atoms with Crippen LogP contribution in [0.3, 0.4) is 0 Å². The van der Waals surface area contributed by atoms with Crippen LogP contribution in [0.15, 0.2) is 83.1 Å². The molecule has 0 N–H and O–H groups in total. The van der Waals surface area contributed by atoms with Crippen molar-refractivity contribution < 1.29 is 17.9 Å². The van der Waals surface area contributed by atoms with Gasteiger partial charge < -0.3 is 9.64 Å². The van der Waals surface area contributed by atoms with Crippen LogP contribution in [0, 0.1) is 0 Å². The summed E-state index contributed by atoms with van der Waals surface area (Å²) < 4.78 is 34.7. The molecular weight excluding hydrogens is 504 g/mol. The molecule has 2 aliphatic rings. The second-order valence-corrected chi connectivity index (χ2v) is 12.4. The minimum absolute atomic E-state index is 0.145. The second-order valence-electron chi connectivity index (χ2n) is 9.57. The Balaban J connectivity index is 1.34. The molecule has 1 aromatic heterocycles. The number of carbonyl (C=O) groups is 1. The first-order chi connectivity index (χ1) is 18.0. The van der Waals surface area contributed by atoms with Crippen LogP contribution in [-0.4, -0.2) is 49.8 Å². The molecule has 1 saturated carbocycles. The van der Waals surface area contributed by atoms with Crippen molar-refractivity contribution in [1.29, 1.82) is 0 Å². The van der Waals surface area contributed by atoms with Gasteiger partial charge in [-0.05, 0) is 65.4 Å². The molecule has 0 spiro atoms. The number of rotatable bonds is 7. The number of thiophene rings is 1. The molecule has 37 heavy (non-hydrogen) atoms. The molecule has 1 amide bonds. The highest BCUT2D eigenvalue weighted by Gasteiger charge is 2.42. The predicted octanol–water partition coefficient (Wildman–Crippen LogP) is 5.24. The van der Waals surface area contributed by atoms with Crippen LogP contribution in [0.2, 0.25) is 0 Å². The Morgan fingerprint density at radius 2 is 1.78 bits per heavy atom. The minimum Gasteiger partial charge on any atom is -0.497 e. The third-order valence-electron chi connectivity index (χ3n) is 7.30. The summed E-state index contributed by atoms with van der Waals surface area (Å²) in [5, 5.41) is 3.61. The maximum absolute atomic E-state index is 14.0. The van der Waals surface area contributed by atoms with E-state index in [4.69, 9.17) is 4.74 Å². The van der Waals surface area contributed by atoms with Crippen LogP contribution >= 0.6 is 11.3 Å². The lowest BCUT2D eigenvalue weighted by atomic mass is 9.93. The van der Waals surface area contributed by atoms with Crippen LogP contribution in [-0.2, 0) is 21.2 Å². The zero-order chi connectivity index (χ0) is 25.6. The second kappa shape index (κ2) is 9.59. The minimum atomic E-state index is -3.87. The molecule has 2 heterocycles. The fourth-order valence-corrected chi connectivity index (χ4v) is 8.03. The van der Waals surface area contributed by atoms with E-state index in [1.165, 1.54) is 9.18 Å². The summed E-state index contributed by atoms with van der Waals surface area (Å²) in [5.74, 6) is 0.581. The molecule has 190 valence electrons. The lowest BCUT2D eigenvalue weighted by Gasteiger charge is -2.37. The van der Waals surface area contributed by atoms with E-state index in [0.717, 1.165) is 41.5 Å². The van der Waals surface area contributed by atoms with Crippen molar-refractivity contribution >= 4 is 38.0 Å². The average molecular weight is 533 g/mol. The monoisotopic (exact) mass is 532 g/mol. The molecule has 3 aromatic carbocycles. The third kappa shape index (κ3) is 4.43. The number of carbonyl (C=O) groups excluding carboxylic acids is 1. The number of sulfonamides is 1. The Labute approximate surface area is 221 Å². The van der Waals surface area contributed by atoms with Crippen LogP contribution in [0.5, 0.6) is 5.75 Å². The van der Waals surface area contributed by atoms with E-state index in [0.29, 0.717) is 11.9 Å². The van der Waals surface area contributed by atoms with Crippen molar-refractivity contribution in [2.75, 3.05) is 20.2 Å². The third-order valence-corrected chi connectivity index (χ3v) is 10.3. The first-order valence-electron chi connectivity index (χ1n) is 12.5. The normalized spacial score (nSPS) is 17.7. The number of methoxy groups -OCH3 is 1. The van der Waals surface area contributed by atoms with Crippen LogP contribution in [0.1, 0.15) is 34.9 Å². The summed E-state index contributed by atoms with van der Waals surface area (Å²) in [6.45, 7) is 0.387. The first kappa shape index (κ1) is 24.2. The van der Waals surface area contributed by atoms with Gasteiger partial charge in [-0.1, -0.05) is 48.5 Å². The van der Waals surface area contributed by atoms with E-state index < -0.39 is 10.0 Å². The maximum Gasteiger partial charge on any atom is 0.244 e. The van der Waals surface area contributed by atoms with Crippen LogP contribution < -0.4 is 4.74 Å². The number of ether oxygens (including phenoxy) is 1. The summed E-state index contributed by atoms with van der Waals surface area (Å²) >= 11 is 1.71. The SMILES string of the molecule is COc1ccc(C2c3ccsc3CCN2C(=O)CN(C2CC2)S(=O)(=O)c2cccc3ccccc23)cc1. The molecule has 6 nitrogen and oxygen atoms in total. The summed E-state index contributed by atoms with van der Waals surface area (Å²) in [5.41, 5.74) is 2.10. The molecular formula is C29H28N2O4S2. The number of benzene rings is 3. The quantitative estimate of drug-likeness (QED) is 0.327. The van der Waals surface area contributed by atoms with Gasteiger partial charge in [0.1, 0.15) is 5.75 Å². The predicted molar refractivity (Wildman–Crippen MR) is 145 cm³/mol. The van der Waals surface area contributed by atoms with Gasteiger partial charge in [-0.3, -0.25) is 4.79 Å². The molecule has 6 rings (SSSR count). The van der Waals surface area contributed by atoms with Gasteiger partial charge in [-0.25, -0.2) is 8.42 Å². The molecule has 0 bridgehead atoms. The fourth-order valence-electron chi connectivity index (χ4n) is 5.27. The topological polar surface area (TPSA) is 66.9 Å². The Hall–Kier alpha value is -3.20. The van der Waals surface area contributed by atoms with Crippen molar-refractivity contribution in [3.8, 4) is 5.75 Å². The standard InChI is InChI=1S/C29H28N2O4S2/c1-35-23-13-9-21(10-14-23)29-25-16-18-36-26(25)15-17-30(29)28(32)19-31(22-11-12-22)37(33,34)27-8-4-6-20-5-2-3-7-24(20)27/h2-10,13-14,16,18,22,29H,11-12,15,17,19H2,1H3. The van der Waals surface area contributed by atoms with Gasteiger partial charge in [0.05, 0.1) is 24.6 Å². The van der Waals surface area contributed by atoms with Gasteiger partial charge in [0.25, 0.3) is 0 Å². The molecule has 0 radical (unpaired) electrons. The van der Waals surface area contributed by atoms with Gasteiger partial charge in [0.15, 0.2) is 0 Å². The van der Waals surface area contributed by atoms with Gasteiger partial charge >= 0.3 is 0 Å². The molecule has 1 unspecified atom stereocenters. The Morgan fingerprint density at radius 3 is 2.54 bits per heavy atom. The van der Waals surface area contributed by atoms with E-state index >= 15 is 0 Å². The van der Waals surface area contributed by atoms with Gasteiger partial charge in [-0.15, -0.1) is 11.3 Å². The van der Waals surface area contributed by atoms with Crippen molar-refractivity contribution in [1.82, 2.24) is 9.21 Å². The zero-order valence-electron chi connectivity index (χ0n) is 20.5. The summed E-state index contributed by atoms with van der Waals surface area (Å²) in [6.07, 6.45) is 2.31. The van der Waals surface area contributed by atoms with Crippen LogP contribution in [0.25, 0.3) is 10.8 Å². The van der Waals surface area contributed by atoms with E-state index in [1.54, 1.807) is 30.6 Å². The van der Waals surface area contributed by atoms with E-state index in [-0.39, 0.29) is 29.4 Å². The molecule has 0 saturated heterocycles. The van der Waals surface area contributed by atoms with Crippen molar-refractivity contribution in [3.05, 3.63) is 94.2 Å². The maximum atomic E-state index is 14.0. The number of hydrogen-bond acceptors (Lipinski definition) is 5.